The van der Waals surface area contributed by atoms with E-state index < -0.39 is 11.6 Å². The third kappa shape index (κ3) is 2.21. The predicted molar refractivity (Wildman–Crippen MR) is 91.6 cm³/mol. The van der Waals surface area contributed by atoms with E-state index >= 15 is 0 Å². The lowest BCUT2D eigenvalue weighted by Gasteiger charge is -2.27. The van der Waals surface area contributed by atoms with Gasteiger partial charge in [-0.15, -0.1) is 0 Å². The average molecular weight is 322 g/mol. The van der Waals surface area contributed by atoms with Crippen LogP contribution in [0.5, 0.6) is 0 Å². The lowest BCUT2D eigenvalue weighted by atomic mass is 9.84. The van der Waals surface area contributed by atoms with Gasteiger partial charge in [0.05, 0.1) is 11.8 Å². The fourth-order valence-electron chi connectivity index (χ4n) is 3.26. The van der Waals surface area contributed by atoms with E-state index in [0.717, 1.165) is 22.9 Å². The molecular weight excluding hydrogens is 306 g/mol. The second kappa shape index (κ2) is 5.48. The van der Waals surface area contributed by atoms with Crippen molar-refractivity contribution in [1.82, 2.24) is 4.98 Å². The van der Waals surface area contributed by atoms with Crippen LogP contribution in [0.25, 0.3) is 10.9 Å². The molecule has 1 aliphatic rings. The Balaban J connectivity index is 1.91. The van der Waals surface area contributed by atoms with Crippen molar-refractivity contribution in [3.05, 3.63) is 77.0 Å². The molecule has 0 bridgehead atoms. The van der Waals surface area contributed by atoms with Gasteiger partial charge in [0.15, 0.2) is 11.6 Å². The number of pyridine rings is 1. The number of hydrogen-bond donors (Lipinski definition) is 0. The van der Waals surface area contributed by atoms with E-state index in [9.17, 15) is 8.78 Å². The summed E-state index contributed by atoms with van der Waals surface area (Å²) in [7, 11) is 0. The first-order valence-corrected chi connectivity index (χ1v) is 7.97. The second-order valence-corrected chi connectivity index (χ2v) is 6.25. The molecule has 2 unspecified atom stereocenters. The van der Waals surface area contributed by atoms with Crippen molar-refractivity contribution in [3.63, 3.8) is 0 Å². The fraction of sp³-hybridized carbons (Fsp3) is 0.200. The third-order valence-corrected chi connectivity index (χ3v) is 4.78. The highest BCUT2D eigenvalue weighted by Gasteiger charge is 2.25. The minimum Gasteiger partial charge on any atom is -0.280 e. The lowest BCUT2D eigenvalue weighted by Crippen LogP contribution is -2.23. The summed E-state index contributed by atoms with van der Waals surface area (Å²) in [6, 6.07) is 12.8. The molecule has 4 heteroatoms. The second-order valence-electron chi connectivity index (χ2n) is 6.25. The largest absolute Gasteiger partial charge is 0.280 e. The maximum Gasteiger partial charge on any atom is 0.184 e. The van der Waals surface area contributed by atoms with Crippen molar-refractivity contribution in [1.29, 1.82) is 0 Å². The fourth-order valence-corrected chi connectivity index (χ4v) is 3.26. The number of aromatic nitrogens is 1. The van der Waals surface area contributed by atoms with Crippen LogP contribution in [0.1, 0.15) is 36.5 Å². The number of rotatable bonds is 1. The molecule has 0 N–H and O–H groups in total. The molecule has 2 heterocycles. The smallest absolute Gasteiger partial charge is 0.184 e. The van der Waals surface area contributed by atoms with E-state index in [-0.39, 0.29) is 11.6 Å². The average Bonchev–Trinajstić information content (AvgIpc) is 2.61. The number of nitrogens with zero attached hydrogens (tertiary/aromatic N) is 2. The van der Waals surface area contributed by atoms with Gasteiger partial charge in [0.2, 0.25) is 0 Å². The number of hydrogen-bond acceptors (Lipinski definition) is 2. The zero-order valence-electron chi connectivity index (χ0n) is 13.4. The molecule has 2 aromatic carbocycles. The summed E-state index contributed by atoms with van der Waals surface area (Å²) < 4.78 is 27.2. The van der Waals surface area contributed by atoms with Gasteiger partial charge in [0.25, 0.3) is 0 Å². The first kappa shape index (κ1) is 14.9. The van der Waals surface area contributed by atoms with Crippen LogP contribution in [-0.4, -0.2) is 16.7 Å². The first-order valence-electron chi connectivity index (χ1n) is 7.97. The maximum absolute atomic E-state index is 13.9. The van der Waals surface area contributed by atoms with Crippen molar-refractivity contribution < 1.29 is 8.78 Å². The zero-order valence-corrected chi connectivity index (χ0v) is 13.4. The molecule has 2 nitrogen and oxygen atoms in total. The van der Waals surface area contributed by atoms with E-state index in [1.165, 1.54) is 5.56 Å². The van der Waals surface area contributed by atoms with Gasteiger partial charge in [-0.3, -0.25) is 9.98 Å². The number of fused-ring (bicyclic) bond motifs is 2. The summed E-state index contributed by atoms with van der Waals surface area (Å²) in [6.45, 7) is 4.25. The van der Waals surface area contributed by atoms with Crippen LogP contribution in [-0.2, 0) is 0 Å². The van der Waals surface area contributed by atoms with Gasteiger partial charge in [-0.25, -0.2) is 8.78 Å². The van der Waals surface area contributed by atoms with E-state index in [2.05, 4.69) is 24.9 Å². The van der Waals surface area contributed by atoms with Crippen LogP contribution in [0, 0.1) is 11.6 Å². The quantitative estimate of drug-likeness (QED) is 0.628. The number of benzene rings is 2. The molecule has 0 spiro atoms. The van der Waals surface area contributed by atoms with Crippen molar-refractivity contribution in [2.24, 2.45) is 4.99 Å². The Labute approximate surface area is 138 Å². The normalized spacial score (nSPS) is 19.9. The minimum absolute atomic E-state index is 0.0462. The summed E-state index contributed by atoms with van der Waals surface area (Å²) in [4.78, 5) is 8.97. The molecule has 0 saturated carbocycles. The van der Waals surface area contributed by atoms with Crippen LogP contribution in [0.3, 0.4) is 0 Å². The van der Waals surface area contributed by atoms with Gasteiger partial charge in [0, 0.05) is 28.6 Å². The Morgan fingerprint density at radius 2 is 1.79 bits per heavy atom. The zero-order chi connectivity index (χ0) is 16.8. The van der Waals surface area contributed by atoms with Crippen molar-refractivity contribution in [3.8, 4) is 0 Å². The molecular formula is C20H16F2N2. The summed E-state index contributed by atoms with van der Waals surface area (Å²) in [5, 5.41) is 0.567. The minimum atomic E-state index is -0.910. The highest BCUT2D eigenvalue weighted by Crippen LogP contribution is 2.32. The van der Waals surface area contributed by atoms with Crippen molar-refractivity contribution in [2.45, 2.75) is 25.8 Å². The van der Waals surface area contributed by atoms with Crippen molar-refractivity contribution in [2.75, 3.05) is 0 Å². The highest BCUT2D eigenvalue weighted by atomic mass is 19.2. The van der Waals surface area contributed by atoms with E-state index in [1.807, 2.05) is 24.3 Å². The maximum atomic E-state index is 13.9. The summed E-state index contributed by atoms with van der Waals surface area (Å²) in [5.41, 5.74) is 4.05. The standard InChI is InChI=1S/C20H16F2N2/c1-11-12(2)24-19(16-6-4-3-5-15(11)16)14-9-13-7-8-17(21)18(22)20(13)23-10-14/h3-12H,1-2H3. The Morgan fingerprint density at radius 3 is 2.62 bits per heavy atom. The van der Waals surface area contributed by atoms with E-state index in [0.29, 0.717) is 11.3 Å². The lowest BCUT2D eigenvalue weighted by molar-refractivity contribution is 0.515. The Kier molecular flexibility index (Phi) is 3.41. The summed E-state index contributed by atoms with van der Waals surface area (Å²) >= 11 is 0. The van der Waals surface area contributed by atoms with Crippen LogP contribution >= 0.6 is 0 Å². The van der Waals surface area contributed by atoms with Crippen LogP contribution in [0.15, 0.2) is 53.7 Å². The van der Waals surface area contributed by atoms with Gasteiger partial charge in [-0.1, -0.05) is 31.2 Å². The van der Waals surface area contributed by atoms with Gasteiger partial charge < -0.3 is 0 Å². The van der Waals surface area contributed by atoms with Crippen molar-refractivity contribution >= 4 is 16.6 Å². The van der Waals surface area contributed by atoms with E-state index in [4.69, 9.17) is 4.99 Å². The Bertz CT molecular complexity index is 979. The van der Waals surface area contributed by atoms with Crippen LogP contribution in [0.4, 0.5) is 8.78 Å². The topological polar surface area (TPSA) is 25.2 Å². The molecule has 2 atom stereocenters. The molecule has 0 aliphatic carbocycles. The molecule has 0 amide bonds. The third-order valence-electron chi connectivity index (χ3n) is 4.78. The molecule has 0 radical (unpaired) electrons. The molecule has 0 saturated heterocycles. The Hall–Kier alpha value is -2.62. The Morgan fingerprint density at radius 1 is 1.00 bits per heavy atom. The SMILES string of the molecule is CC1N=C(c2cnc3c(F)c(F)ccc3c2)c2ccccc2C1C. The molecule has 1 aromatic heterocycles. The predicted octanol–water partition coefficient (Wildman–Crippen LogP) is 4.86. The van der Waals surface area contributed by atoms with Crippen LogP contribution < -0.4 is 0 Å². The molecule has 3 aromatic rings. The number of halogens is 2. The highest BCUT2D eigenvalue weighted by molar-refractivity contribution is 6.15. The monoisotopic (exact) mass is 322 g/mol. The van der Waals surface area contributed by atoms with Gasteiger partial charge in [0.1, 0.15) is 5.52 Å². The van der Waals surface area contributed by atoms with Gasteiger partial charge in [-0.05, 0) is 30.7 Å². The first-order chi connectivity index (χ1) is 11.6. The summed E-state index contributed by atoms with van der Waals surface area (Å²) in [6.07, 6.45) is 1.57. The van der Waals surface area contributed by atoms with Crippen LogP contribution in [0.2, 0.25) is 0 Å². The molecule has 120 valence electrons. The molecule has 1 aliphatic heterocycles. The molecule has 0 fully saturated rings. The molecule has 4 rings (SSSR count). The summed E-state index contributed by atoms with van der Waals surface area (Å²) in [5.74, 6) is -1.46. The molecule has 24 heavy (non-hydrogen) atoms. The van der Waals surface area contributed by atoms with Gasteiger partial charge >= 0.3 is 0 Å². The van der Waals surface area contributed by atoms with Gasteiger partial charge in [-0.2, -0.15) is 0 Å². The number of aliphatic imine (C=N–C) groups is 1. The van der Waals surface area contributed by atoms with E-state index in [1.54, 1.807) is 12.3 Å².